The molecule has 0 N–H and O–H groups in total. The minimum atomic E-state index is -0.344. The van der Waals surface area contributed by atoms with Crippen molar-refractivity contribution in [3.8, 4) is 22.7 Å². The zero-order valence-corrected chi connectivity index (χ0v) is 17.3. The van der Waals surface area contributed by atoms with Crippen molar-refractivity contribution in [2.45, 2.75) is 25.2 Å². The van der Waals surface area contributed by atoms with E-state index in [-0.39, 0.29) is 5.79 Å². The summed E-state index contributed by atoms with van der Waals surface area (Å²) in [4.78, 5) is 2.47. The van der Waals surface area contributed by atoms with E-state index in [9.17, 15) is 0 Å². The van der Waals surface area contributed by atoms with Crippen LogP contribution >= 0.6 is 0 Å². The Bertz CT molecular complexity index is 969. The minimum Gasteiger partial charge on any atom is -0.497 e. The van der Waals surface area contributed by atoms with Crippen molar-refractivity contribution >= 4 is 0 Å². The molecule has 0 aliphatic carbocycles. The lowest BCUT2D eigenvalue weighted by molar-refractivity contribution is -0.185. The number of ether oxygens (including phenoxy) is 3. The molecule has 2 aliphatic heterocycles. The number of para-hydroxylation sites is 1. The highest BCUT2D eigenvalue weighted by atomic mass is 16.7. The van der Waals surface area contributed by atoms with Gasteiger partial charge < -0.3 is 14.2 Å². The lowest BCUT2D eigenvalue weighted by Crippen LogP contribution is -2.44. The summed E-state index contributed by atoms with van der Waals surface area (Å²) in [5.74, 6) is 0.504. The highest BCUT2D eigenvalue weighted by Gasteiger charge is 2.39. The van der Waals surface area contributed by atoms with Crippen LogP contribution in [-0.4, -0.2) is 53.9 Å². The van der Waals surface area contributed by atoms with Gasteiger partial charge in [0.1, 0.15) is 5.75 Å². The summed E-state index contributed by atoms with van der Waals surface area (Å²) in [6.45, 7) is 4.19. The van der Waals surface area contributed by atoms with Crippen LogP contribution in [0.1, 0.15) is 18.4 Å². The van der Waals surface area contributed by atoms with Crippen molar-refractivity contribution in [1.82, 2.24) is 14.7 Å². The summed E-state index contributed by atoms with van der Waals surface area (Å²) in [5.41, 5.74) is 4.38. The van der Waals surface area contributed by atoms with Gasteiger partial charge in [-0.05, 0) is 36.4 Å². The fourth-order valence-corrected chi connectivity index (χ4v) is 4.31. The van der Waals surface area contributed by atoms with E-state index in [2.05, 4.69) is 35.4 Å². The Kier molecular flexibility index (Phi) is 5.29. The second-order valence-electron chi connectivity index (χ2n) is 7.90. The van der Waals surface area contributed by atoms with Crippen LogP contribution in [0.3, 0.4) is 0 Å². The number of piperidine rings is 1. The first-order chi connectivity index (χ1) is 14.7. The summed E-state index contributed by atoms with van der Waals surface area (Å²) in [7, 11) is 1.69. The predicted molar refractivity (Wildman–Crippen MR) is 115 cm³/mol. The minimum absolute atomic E-state index is 0.344. The lowest BCUT2D eigenvalue weighted by Gasteiger charge is -2.37. The van der Waals surface area contributed by atoms with E-state index in [0.29, 0.717) is 13.2 Å². The average Bonchev–Trinajstić information content (AvgIpc) is 3.44. The second-order valence-corrected chi connectivity index (χ2v) is 7.90. The third-order valence-corrected chi connectivity index (χ3v) is 6.00. The van der Waals surface area contributed by atoms with E-state index in [1.54, 1.807) is 7.11 Å². The molecule has 1 spiro atoms. The van der Waals surface area contributed by atoms with Crippen LogP contribution in [0, 0.1) is 0 Å². The van der Waals surface area contributed by atoms with E-state index in [1.165, 1.54) is 5.56 Å². The van der Waals surface area contributed by atoms with Crippen molar-refractivity contribution < 1.29 is 14.2 Å². The van der Waals surface area contributed by atoms with Gasteiger partial charge in [-0.15, -0.1) is 0 Å². The SMILES string of the molecule is COc1ccc(-c2nn(-c3ccccc3)cc2CN2CCC3(CC2)OCCO3)cc1. The van der Waals surface area contributed by atoms with Crippen molar-refractivity contribution in [2.24, 2.45) is 0 Å². The van der Waals surface area contributed by atoms with Gasteiger partial charge in [0, 0.05) is 49.8 Å². The number of aromatic nitrogens is 2. The molecule has 30 heavy (non-hydrogen) atoms. The Morgan fingerprint density at radius 1 is 0.967 bits per heavy atom. The first-order valence-electron chi connectivity index (χ1n) is 10.5. The number of nitrogens with zero attached hydrogens (tertiary/aromatic N) is 3. The summed E-state index contributed by atoms with van der Waals surface area (Å²) in [5, 5.41) is 4.94. The molecular weight excluding hydrogens is 378 g/mol. The van der Waals surface area contributed by atoms with Gasteiger partial charge in [-0.25, -0.2) is 4.68 Å². The number of rotatable bonds is 5. The van der Waals surface area contributed by atoms with Gasteiger partial charge in [0.2, 0.25) is 0 Å². The largest absolute Gasteiger partial charge is 0.497 e. The molecule has 2 fully saturated rings. The molecule has 3 heterocycles. The molecule has 156 valence electrons. The monoisotopic (exact) mass is 405 g/mol. The first kappa shape index (κ1) is 19.3. The molecule has 1 aromatic heterocycles. The highest BCUT2D eigenvalue weighted by molar-refractivity contribution is 5.64. The van der Waals surface area contributed by atoms with Crippen LogP contribution in [0.2, 0.25) is 0 Å². The van der Waals surface area contributed by atoms with E-state index in [4.69, 9.17) is 19.3 Å². The Morgan fingerprint density at radius 2 is 1.67 bits per heavy atom. The molecular formula is C24H27N3O3. The Hall–Kier alpha value is -2.67. The molecule has 2 aliphatic rings. The number of benzene rings is 2. The van der Waals surface area contributed by atoms with Gasteiger partial charge in [-0.1, -0.05) is 18.2 Å². The third-order valence-electron chi connectivity index (χ3n) is 6.00. The standard InChI is InChI=1S/C24H27N3O3/c1-28-22-9-7-19(8-10-22)23-20(18-27(25-23)21-5-3-2-4-6-21)17-26-13-11-24(12-14-26)29-15-16-30-24/h2-10,18H,11-17H2,1H3. The normalized spacial score (nSPS) is 18.7. The van der Waals surface area contributed by atoms with E-state index >= 15 is 0 Å². The predicted octanol–water partition coefficient (Wildman–Crippen LogP) is 3.89. The number of methoxy groups -OCH3 is 1. The Morgan fingerprint density at radius 3 is 2.33 bits per heavy atom. The van der Waals surface area contributed by atoms with Crippen LogP contribution in [0.15, 0.2) is 60.8 Å². The van der Waals surface area contributed by atoms with Gasteiger partial charge >= 0.3 is 0 Å². The first-order valence-corrected chi connectivity index (χ1v) is 10.5. The molecule has 0 bridgehead atoms. The quantitative estimate of drug-likeness (QED) is 0.645. The Balaban J connectivity index is 1.41. The lowest BCUT2D eigenvalue weighted by atomic mass is 10.0. The maximum Gasteiger partial charge on any atom is 0.170 e. The molecule has 5 rings (SSSR count). The van der Waals surface area contributed by atoms with Gasteiger partial charge in [-0.2, -0.15) is 5.10 Å². The second kappa shape index (κ2) is 8.22. The summed E-state index contributed by atoms with van der Waals surface area (Å²) < 4.78 is 19.1. The zero-order valence-electron chi connectivity index (χ0n) is 17.3. The van der Waals surface area contributed by atoms with Crippen LogP contribution in [0.5, 0.6) is 5.75 Å². The maximum atomic E-state index is 5.88. The van der Waals surface area contributed by atoms with Gasteiger partial charge in [0.15, 0.2) is 5.79 Å². The van der Waals surface area contributed by atoms with E-state index in [1.807, 2.05) is 35.0 Å². The topological polar surface area (TPSA) is 48.8 Å². The average molecular weight is 405 g/mol. The summed E-state index contributed by atoms with van der Waals surface area (Å²) in [6, 6.07) is 18.4. The molecule has 0 unspecified atom stereocenters. The maximum absolute atomic E-state index is 5.88. The highest BCUT2D eigenvalue weighted by Crippen LogP contribution is 2.33. The fraction of sp³-hybridized carbons (Fsp3) is 0.375. The van der Waals surface area contributed by atoms with Crippen LogP contribution in [0.4, 0.5) is 0 Å². The molecule has 6 heteroatoms. The molecule has 0 radical (unpaired) electrons. The third kappa shape index (κ3) is 3.86. The Labute approximate surface area is 177 Å². The summed E-state index contributed by atoms with van der Waals surface area (Å²) in [6.07, 6.45) is 3.98. The number of likely N-dealkylation sites (tertiary alicyclic amines) is 1. The van der Waals surface area contributed by atoms with Gasteiger partial charge in [0.05, 0.1) is 31.7 Å². The molecule has 2 aromatic carbocycles. The number of hydrogen-bond donors (Lipinski definition) is 0. The van der Waals surface area contributed by atoms with E-state index < -0.39 is 0 Å². The van der Waals surface area contributed by atoms with Crippen molar-refractivity contribution in [3.63, 3.8) is 0 Å². The molecule has 6 nitrogen and oxygen atoms in total. The van der Waals surface area contributed by atoms with Crippen molar-refractivity contribution in [2.75, 3.05) is 33.4 Å². The van der Waals surface area contributed by atoms with Crippen LogP contribution < -0.4 is 4.74 Å². The molecule has 0 saturated carbocycles. The smallest absolute Gasteiger partial charge is 0.170 e. The van der Waals surface area contributed by atoms with Gasteiger partial charge in [0.25, 0.3) is 0 Å². The molecule has 0 amide bonds. The fourth-order valence-electron chi connectivity index (χ4n) is 4.31. The zero-order chi connectivity index (χ0) is 20.4. The molecule has 0 atom stereocenters. The van der Waals surface area contributed by atoms with E-state index in [0.717, 1.165) is 55.2 Å². The van der Waals surface area contributed by atoms with Crippen LogP contribution in [0.25, 0.3) is 16.9 Å². The van der Waals surface area contributed by atoms with Crippen molar-refractivity contribution in [3.05, 3.63) is 66.4 Å². The van der Waals surface area contributed by atoms with Crippen LogP contribution in [-0.2, 0) is 16.0 Å². The number of hydrogen-bond acceptors (Lipinski definition) is 5. The summed E-state index contributed by atoms with van der Waals surface area (Å²) >= 11 is 0. The van der Waals surface area contributed by atoms with Gasteiger partial charge in [-0.3, -0.25) is 4.90 Å². The van der Waals surface area contributed by atoms with Crippen molar-refractivity contribution in [1.29, 1.82) is 0 Å². The molecule has 2 saturated heterocycles. The molecule has 3 aromatic rings.